The van der Waals surface area contributed by atoms with Gasteiger partial charge in [0.25, 0.3) is 5.91 Å². The number of hydrogen-bond acceptors (Lipinski definition) is 5. The number of hydrogen-bond donors (Lipinski definition) is 1. The summed E-state index contributed by atoms with van der Waals surface area (Å²) in [6.07, 6.45) is 1.40. The lowest BCUT2D eigenvalue weighted by Gasteiger charge is -2.38. The second kappa shape index (κ2) is 11.1. The van der Waals surface area contributed by atoms with Gasteiger partial charge in [-0.15, -0.1) is 11.3 Å². The molecule has 0 unspecified atom stereocenters. The Morgan fingerprint density at radius 3 is 2.37 bits per heavy atom. The molecule has 1 N–H and O–H groups in total. The number of ether oxygens (including phenoxy) is 1. The van der Waals surface area contributed by atoms with Crippen LogP contribution in [0.1, 0.15) is 57.7 Å². The van der Waals surface area contributed by atoms with Crippen LogP contribution in [-0.4, -0.2) is 36.5 Å². The standard InChI is InChI=1S/C28H31FN2O3S/c1-4-34-28(33)22-14-16-31(17-15-22)25(20-10-12-23(29)13-11-20)24-18(2)19(3)35-27(24)30-26(32)21-8-6-5-7-9-21/h5-13,22,25H,4,14-17H2,1-3H3,(H,30,32)/t25-/m1/s1. The van der Waals surface area contributed by atoms with Crippen LogP contribution in [0, 0.1) is 25.6 Å². The Balaban J connectivity index is 1.68. The maximum Gasteiger partial charge on any atom is 0.309 e. The number of amides is 1. The van der Waals surface area contributed by atoms with E-state index in [1.165, 1.54) is 12.1 Å². The molecule has 0 saturated carbocycles. The molecule has 1 aliphatic heterocycles. The minimum absolute atomic E-state index is 0.109. The number of piperidine rings is 1. The molecule has 2 aromatic carbocycles. The van der Waals surface area contributed by atoms with Crippen molar-refractivity contribution >= 4 is 28.2 Å². The summed E-state index contributed by atoms with van der Waals surface area (Å²) < 4.78 is 19.1. The lowest BCUT2D eigenvalue weighted by atomic mass is 9.90. The molecule has 0 radical (unpaired) electrons. The first kappa shape index (κ1) is 25.1. The van der Waals surface area contributed by atoms with Gasteiger partial charge in [-0.2, -0.15) is 0 Å². The predicted octanol–water partition coefficient (Wildman–Crippen LogP) is 6.12. The van der Waals surface area contributed by atoms with Gasteiger partial charge in [-0.25, -0.2) is 4.39 Å². The molecule has 0 spiro atoms. The SMILES string of the molecule is CCOC(=O)C1CCN([C@H](c2ccc(F)cc2)c2c(NC(=O)c3ccccc3)sc(C)c2C)CC1. The Labute approximate surface area is 209 Å². The molecule has 0 aliphatic carbocycles. The first-order valence-corrected chi connectivity index (χ1v) is 12.8. The van der Waals surface area contributed by atoms with Gasteiger partial charge in [0.15, 0.2) is 0 Å². The summed E-state index contributed by atoms with van der Waals surface area (Å²) >= 11 is 1.56. The normalized spacial score (nSPS) is 15.5. The lowest BCUT2D eigenvalue weighted by Crippen LogP contribution is -2.40. The Kier molecular flexibility index (Phi) is 7.98. The quantitative estimate of drug-likeness (QED) is 0.402. The topological polar surface area (TPSA) is 58.6 Å². The minimum Gasteiger partial charge on any atom is -0.466 e. The third-order valence-electron chi connectivity index (χ3n) is 6.67. The van der Waals surface area contributed by atoms with Gasteiger partial charge >= 0.3 is 5.97 Å². The molecule has 35 heavy (non-hydrogen) atoms. The molecule has 1 amide bonds. The van der Waals surface area contributed by atoms with Gasteiger partial charge in [0.1, 0.15) is 10.8 Å². The van der Waals surface area contributed by atoms with Gasteiger partial charge in [-0.3, -0.25) is 14.5 Å². The van der Waals surface area contributed by atoms with Crippen LogP contribution in [0.15, 0.2) is 54.6 Å². The molecule has 1 atom stereocenters. The zero-order chi connectivity index (χ0) is 24.9. The molecule has 2 heterocycles. The van der Waals surface area contributed by atoms with Crippen molar-refractivity contribution in [3.63, 3.8) is 0 Å². The van der Waals surface area contributed by atoms with E-state index in [-0.39, 0.29) is 29.7 Å². The van der Waals surface area contributed by atoms with Crippen LogP contribution < -0.4 is 5.32 Å². The van der Waals surface area contributed by atoms with Crippen molar-refractivity contribution in [2.24, 2.45) is 5.92 Å². The number of halogens is 1. The zero-order valence-corrected chi connectivity index (χ0v) is 21.2. The van der Waals surface area contributed by atoms with E-state index in [4.69, 9.17) is 4.74 Å². The van der Waals surface area contributed by atoms with E-state index in [0.29, 0.717) is 38.1 Å². The van der Waals surface area contributed by atoms with Crippen LogP contribution in [-0.2, 0) is 9.53 Å². The van der Waals surface area contributed by atoms with E-state index < -0.39 is 0 Å². The second-order valence-corrected chi connectivity index (χ2v) is 10.1. The largest absolute Gasteiger partial charge is 0.466 e. The van der Waals surface area contributed by atoms with E-state index >= 15 is 0 Å². The van der Waals surface area contributed by atoms with Crippen molar-refractivity contribution in [2.45, 2.75) is 39.7 Å². The third-order valence-corrected chi connectivity index (χ3v) is 7.81. The number of carbonyl (C=O) groups is 2. The maximum atomic E-state index is 13.8. The highest BCUT2D eigenvalue weighted by Crippen LogP contribution is 2.43. The number of likely N-dealkylation sites (tertiary alicyclic amines) is 1. The molecule has 1 fully saturated rings. The Bertz CT molecular complexity index is 1170. The van der Waals surface area contributed by atoms with Crippen LogP contribution in [0.4, 0.5) is 9.39 Å². The van der Waals surface area contributed by atoms with E-state index in [9.17, 15) is 14.0 Å². The molecule has 4 rings (SSSR count). The number of nitrogens with zero attached hydrogens (tertiary/aromatic N) is 1. The first-order valence-electron chi connectivity index (χ1n) is 12.0. The summed E-state index contributed by atoms with van der Waals surface area (Å²) in [5.41, 5.74) is 3.69. The second-order valence-electron chi connectivity index (χ2n) is 8.86. The molecule has 3 aromatic rings. The number of benzene rings is 2. The average Bonchev–Trinajstić information content (AvgIpc) is 3.14. The van der Waals surface area contributed by atoms with Gasteiger partial charge in [-0.05, 0) is 82.1 Å². The summed E-state index contributed by atoms with van der Waals surface area (Å²) in [4.78, 5) is 28.8. The molecule has 1 saturated heterocycles. The third kappa shape index (κ3) is 5.63. The van der Waals surface area contributed by atoms with Crippen molar-refractivity contribution in [3.05, 3.63) is 87.5 Å². The maximum absolute atomic E-state index is 13.8. The number of carbonyl (C=O) groups excluding carboxylic acids is 2. The summed E-state index contributed by atoms with van der Waals surface area (Å²) in [6, 6.07) is 15.6. The Hall–Kier alpha value is -3.03. The number of aryl methyl sites for hydroxylation is 1. The van der Waals surface area contributed by atoms with Gasteiger partial charge in [0.2, 0.25) is 0 Å². The highest BCUT2D eigenvalue weighted by molar-refractivity contribution is 7.16. The van der Waals surface area contributed by atoms with E-state index in [2.05, 4.69) is 24.1 Å². The number of esters is 1. The fraction of sp³-hybridized carbons (Fsp3) is 0.357. The van der Waals surface area contributed by atoms with Crippen LogP contribution >= 0.6 is 11.3 Å². The van der Waals surface area contributed by atoms with Gasteiger partial charge in [0.05, 0.1) is 18.6 Å². The molecule has 0 bridgehead atoms. The molecule has 184 valence electrons. The minimum atomic E-state index is -0.288. The average molecular weight is 495 g/mol. The predicted molar refractivity (Wildman–Crippen MR) is 137 cm³/mol. The number of rotatable bonds is 7. The van der Waals surface area contributed by atoms with Crippen LogP contribution in [0.2, 0.25) is 0 Å². The van der Waals surface area contributed by atoms with E-state index in [0.717, 1.165) is 26.6 Å². The Morgan fingerprint density at radius 1 is 1.09 bits per heavy atom. The fourth-order valence-corrected chi connectivity index (χ4v) is 5.78. The molecule has 1 aliphatic rings. The monoisotopic (exact) mass is 494 g/mol. The first-order chi connectivity index (χ1) is 16.9. The summed E-state index contributed by atoms with van der Waals surface area (Å²) in [6.45, 7) is 7.73. The van der Waals surface area contributed by atoms with Crippen molar-refractivity contribution in [2.75, 3.05) is 25.0 Å². The van der Waals surface area contributed by atoms with Gasteiger partial charge in [-0.1, -0.05) is 30.3 Å². The molecule has 5 nitrogen and oxygen atoms in total. The molecule has 7 heteroatoms. The number of anilines is 1. The highest BCUT2D eigenvalue weighted by atomic mass is 32.1. The highest BCUT2D eigenvalue weighted by Gasteiger charge is 2.34. The summed E-state index contributed by atoms with van der Waals surface area (Å²) in [5.74, 6) is -0.692. The fourth-order valence-electron chi connectivity index (χ4n) is 4.69. The van der Waals surface area contributed by atoms with Crippen LogP contribution in [0.3, 0.4) is 0 Å². The van der Waals surface area contributed by atoms with Crippen molar-refractivity contribution in [1.29, 1.82) is 0 Å². The van der Waals surface area contributed by atoms with Crippen molar-refractivity contribution in [1.82, 2.24) is 4.90 Å². The zero-order valence-electron chi connectivity index (χ0n) is 20.3. The van der Waals surface area contributed by atoms with Crippen LogP contribution in [0.5, 0.6) is 0 Å². The van der Waals surface area contributed by atoms with Crippen LogP contribution in [0.25, 0.3) is 0 Å². The van der Waals surface area contributed by atoms with E-state index in [1.807, 2.05) is 37.3 Å². The van der Waals surface area contributed by atoms with Crippen molar-refractivity contribution in [3.8, 4) is 0 Å². The molecular weight excluding hydrogens is 463 g/mol. The number of thiophene rings is 1. The van der Waals surface area contributed by atoms with Crippen molar-refractivity contribution < 1.29 is 18.7 Å². The Morgan fingerprint density at radius 2 is 1.74 bits per heavy atom. The number of nitrogens with one attached hydrogen (secondary N) is 1. The van der Waals surface area contributed by atoms with Gasteiger partial charge < -0.3 is 10.1 Å². The smallest absolute Gasteiger partial charge is 0.309 e. The summed E-state index contributed by atoms with van der Waals surface area (Å²) in [5, 5.41) is 3.94. The molecule has 1 aromatic heterocycles. The van der Waals surface area contributed by atoms with E-state index in [1.54, 1.807) is 23.5 Å². The van der Waals surface area contributed by atoms with Gasteiger partial charge in [0, 0.05) is 16.0 Å². The lowest BCUT2D eigenvalue weighted by molar-refractivity contribution is -0.149. The summed E-state index contributed by atoms with van der Waals surface area (Å²) in [7, 11) is 0. The molecular formula is C28H31FN2O3S.